The van der Waals surface area contributed by atoms with Crippen LogP contribution in [0.25, 0.3) is 0 Å². The summed E-state index contributed by atoms with van der Waals surface area (Å²) in [6.07, 6.45) is 3.22. The fraction of sp³-hybridized carbons (Fsp3) is 0. The van der Waals surface area contributed by atoms with Gasteiger partial charge in [-0.1, -0.05) is 19.2 Å². The van der Waals surface area contributed by atoms with Crippen molar-refractivity contribution in [2.75, 3.05) is 0 Å². The summed E-state index contributed by atoms with van der Waals surface area (Å²) in [6.45, 7) is 6.94. The molecule has 2 nitrogen and oxygen atoms in total. The van der Waals surface area contributed by atoms with Gasteiger partial charge in [0.1, 0.15) is 5.76 Å². The molecule has 0 aromatic heterocycles. The summed E-state index contributed by atoms with van der Waals surface area (Å²) in [6, 6.07) is 0. The zero-order valence-corrected chi connectivity index (χ0v) is 6.29. The van der Waals surface area contributed by atoms with E-state index in [1.807, 2.05) is 0 Å². The van der Waals surface area contributed by atoms with Crippen LogP contribution in [-0.4, -0.2) is 0 Å². The van der Waals surface area contributed by atoms with Gasteiger partial charge in [0.15, 0.2) is 0 Å². The Morgan fingerprint density at radius 2 is 2.22 bits per heavy atom. The largest absolute Gasteiger partial charge is 0.478 e. The van der Waals surface area contributed by atoms with Crippen molar-refractivity contribution in [3.8, 4) is 0 Å². The fourth-order valence-electron chi connectivity index (χ4n) is 0.329. The van der Waals surface area contributed by atoms with Crippen LogP contribution in [0.2, 0.25) is 0 Å². The van der Waals surface area contributed by atoms with Crippen LogP contribution in [0.5, 0.6) is 0 Å². The Hall–Kier alpha value is -0.750. The first-order valence-corrected chi connectivity index (χ1v) is 2.83. The molecule has 0 aliphatic carbocycles. The highest BCUT2D eigenvalue weighted by atomic mass is 31.0. The summed E-state index contributed by atoms with van der Waals surface area (Å²) in [7, 11) is 2.08. The van der Waals surface area contributed by atoms with Crippen LogP contribution in [0.1, 0.15) is 0 Å². The molecule has 1 atom stereocenters. The highest BCUT2D eigenvalue weighted by molar-refractivity contribution is 7.10. The van der Waals surface area contributed by atoms with Crippen LogP contribution in [0.4, 0.5) is 0 Å². The topological polar surface area (TPSA) is 35.2 Å². The molecule has 0 bridgehead atoms. The van der Waals surface area contributed by atoms with E-state index in [4.69, 9.17) is 10.3 Å². The lowest BCUT2D eigenvalue weighted by Crippen LogP contribution is -1.97. The van der Waals surface area contributed by atoms with Gasteiger partial charge in [-0.05, 0) is 6.08 Å². The molecule has 0 aromatic carbocycles. The number of rotatable bonds is 3. The standard InChI is InChI=1S/C6H10NOP/c1-3-4-6(8-9)5(2)7/h3-4H,1-2,7,9H2/b6-4+. The summed E-state index contributed by atoms with van der Waals surface area (Å²) < 4.78 is 4.73. The Kier molecular flexibility index (Phi) is 3.81. The summed E-state index contributed by atoms with van der Waals surface area (Å²) in [5, 5.41) is 0. The molecule has 1 unspecified atom stereocenters. The van der Waals surface area contributed by atoms with E-state index in [0.29, 0.717) is 11.5 Å². The third-order valence-corrected chi connectivity index (χ3v) is 0.967. The van der Waals surface area contributed by atoms with Gasteiger partial charge in [0.2, 0.25) is 0 Å². The highest BCUT2D eigenvalue weighted by Gasteiger charge is 1.92. The molecule has 0 aliphatic rings. The number of allylic oxidation sites excluding steroid dienone is 2. The molecule has 0 aliphatic heterocycles. The molecule has 0 saturated heterocycles. The van der Waals surface area contributed by atoms with E-state index in [1.54, 1.807) is 12.2 Å². The van der Waals surface area contributed by atoms with Gasteiger partial charge in [-0.15, -0.1) is 0 Å². The molecule has 0 aromatic rings. The molecule has 9 heavy (non-hydrogen) atoms. The normalized spacial score (nSPS) is 10.6. The van der Waals surface area contributed by atoms with Crippen LogP contribution in [0, 0.1) is 0 Å². The summed E-state index contributed by atoms with van der Waals surface area (Å²) in [4.78, 5) is 0. The minimum Gasteiger partial charge on any atom is -0.478 e. The van der Waals surface area contributed by atoms with Crippen molar-refractivity contribution in [2.24, 2.45) is 5.73 Å². The van der Waals surface area contributed by atoms with Gasteiger partial charge in [0.05, 0.1) is 15.2 Å². The van der Waals surface area contributed by atoms with E-state index >= 15 is 0 Å². The van der Waals surface area contributed by atoms with Crippen LogP contribution in [0.3, 0.4) is 0 Å². The first kappa shape index (κ1) is 8.25. The Morgan fingerprint density at radius 1 is 1.67 bits per heavy atom. The molecular formula is C6H10NOP. The van der Waals surface area contributed by atoms with Crippen molar-refractivity contribution < 1.29 is 4.52 Å². The van der Waals surface area contributed by atoms with Crippen molar-refractivity contribution >= 4 is 9.47 Å². The quantitative estimate of drug-likeness (QED) is 0.367. The van der Waals surface area contributed by atoms with Crippen LogP contribution in [0.15, 0.2) is 36.8 Å². The summed E-state index contributed by atoms with van der Waals surface area (Å²) >= 11 is 0. The van der Waals surface area contributed by atoms with Crippen molar-refractivity contribution in [1.82, 2.24) is 0 Å². The maximum Gasteiger partial charge on any atom is 0.144 e. The first-order valence-electron chi connectivity index (χ1n) is 2.36. The second-order valence-electron chi connectivity index (χ2n) is 1.41. The minimum atomic E-state index is 0.393. The Balaban J connectivity index is 4.14. The number of hydrogen-bond acceptors (Lipinski definition) is 2. The summed E-state index contributed by atoms with van der Waals surface area (Å²) in [5.74, 6) is 0.523. The molecule has 0 spiro atoms. The molecule has 0 saturated carbocycles. The lowest BCUT2D eigenvalue weighted by Gasteiger charge is -2.01. The van der Waals surface area contributed by atoms with Gasteiger partial charge in [-0.25, -0.2) is 0 Å². The predicted octanol–water partition coefficient (Wildman–Crippen LogP) is 1.34. The average Bonchev–Trinajstić information content (AvgIpc) is 1.82. The SMILES string of the molecule is C=C/C=C(/OP)C(=C)N. The molecule has 0 fully saturated rings. The second-order valence-corrected chi connectivity index (χ2v) is 1.65. The number of nitrogens with two attached hydrogens (primary N) is 1. The minimum absolute atomic E-state index is 0.393. The van der Waals surface area contributed by atoms with Crippen LogP contribution >= 0.6 is 9.47 Å². The van der Waals surface area contributed by atoms with E-state index in [2.05, 4.69) is 22.6 Å². The maximum absolute atomic E-state index is 5.28. The molecular weight excluding hydrogens is 133 g/mol. The van der Waals surface area contributed by atoms with Gasteiger partial charge in [0, 0.05) is 0 Å². The smallest absolute Gasteiger partial charge is 0.144 e. The number of hydrogen-bond donors (Lipinski definition) is 1. The highest BCUT2D eigenvalue weighted by Crippen LogP contribution is 2.07. The maximum atomic E-state index is 5.28. The van der Waals surface area contributed by atoms with E-state index < -0.39 is 0 Å². The van der Waals surface area contributed by atoms with Gasteiger partial charge in [0.25, 0.3) is 0 Å². The molecule has 3 heteroatoms. The van der Waals surface area contributed by atoms with E-state index in [9.17, 15) is 0 Å². The molecule has 0 rings (SSSR count). The van der Waals surface area contributed by atoms with Gasteiger partial charge in [-0.2, -0.15) is 0 Å². The van der Waals surface area contributed by atoms with E-state index in [0.717, 1.165) is 0 Å². The third kappa shape index (κ3) is 2.94. The van der Waals surface area contributed by atoms with Crippen molar-refractivity contribution in [1.29, 1.82) is 0 Å². The predicted molar refractivity (Wildman–Crippen MR) is 42.4 cm³/mol. The van der Waals surface area contributed by atoms with Crippen molar-refractivity contribution in [3.05, 3.63) is 36.8 Å². The lowest BCUT2D eigenvalue weighted by atomic mass is 10.4. The van der Waals surface area contributed by atoms with Gasteiger partial charge in [-0.3, -0.25) is 0 Å². The first-order chi connectivity index (χ1) is 4.22. The Labute approximate surface area is 57.4 Å². The average molecular weight is 143 g/mol. The molecule has 0 amide bonds. The third-order valence-electron chi connectivity index (χ3n) is 0.713. The van der Waals surface area contributed by atoms with E-state index in [1.165, 1.54) is 0 Å². The monoisotopic (exact) mass is 143 g/mol. The Bertz CT molecular complexity index is 151. The van der Waals surface area contributed by atoms with Crippen LogP contribution in [-0.2, 0) is 4.52 Å². The van der Waals surface area contributed by atoms with Gasteiger partial charge >= 0.3 is 0 Å². The lowest BCUT2D eigenvalue weighted by molar-refractivity contribution is 0.508. The zero-order chi connectivity index (χ0) is 7.28. The molecule has 2 N–H and O–H groups in total. The molecule has 0 heterocycles. The second kappa shape index (κ2) is 4.16. The molecule has 0 radical (unpaired) electrons. The van der Waals surface area contributed by atoms with Crippen LogP contribution < -0.4 is 5.73 Å². The van der Waals surface area contributed by atoms with Gasteiger partial charge < -0.3 is 10.3 Å². The zero-order valence-electron chi connectivity index (χ0n) is 5.13. The van der Waals surface area contributed by atoms with Crippen molar-refractivity contribution in [3.63, 3.8) is 0 Å². The summed E-state index contributed by atoms with van der Waals surface area (Å²) in [5.41, 5.74) is 5.68. The molecule has 50 valence electrons. The van der Waals surface area contributed by atoms with E-state index in [-0.39, 0.29) is 0 Å². The van der Waals surface area contributed by atoms with Crippen molar-refractivity contribution in [2.45, 2.75) is 0 Å². The Morgan fingerprint density at radius 3 is 2.33 bits per heavy atom. The fourth-order valence-corrected chi connectivity index (χ4v) is 0.559.